The highest BCUT2D eigenvalue weighted by molar-refractivity contribution is 7.15. The zero-order valence-electron chi connectivity index (χ0n) is 14.1. The zero-order valence-corrected chi connectivity index (χ0v) is 14.9. The third kappa shape index (κ3) is 3.46. The van der Waals surface area contributed by atoms with Crippen LogP contribution in [0, 0.1) is 0 Å². The number of amides is 1. The number of rotatable bonds is 3. The highest BCUT2D eigenvalue weighted by Crippen LogP contribution is 2.36. The van der Waals surface area contributed by atoms with Gasteiger partial charge in [-0.15, -0.1) is 10.2 Å². The zero-order chi connectivity index (χ0) is 17.2. The minimum atomic E-state index is -0.711. The Morgan fingerprint density at radius 3 is 2.60 bits per heavy atom. The lowest BCUT2D eigenvalue weighted by Gasteiger charge is -2.30. The molecule has 1 aromatic carbocycles. The molecule has 2 aromatic rings. The van der Waals surface area contributed by atoms with Gasteiger partial charge in [-0.25, -0.2) is 0 Å². The van der Waals surface area contributed by atoms with E-state index in [0.717, 1.165) is 17.8 Å². The van der Waals surface area contributed by atoms with Crippen LogP contribution in [0.5, 0.6) is 11.5 Å². The van der Waals surface area contributed by atoms with E-state index in [1.807, 2.05) is 25.1 Å². The maximum atomic E-state index is 12.6. The lowest BCUT2D eigenvalue weighted by molar-refractivity contribution is -0.128. The van der Waals surface area contributed by atoms with Crippen molar-refractivity contribution in [3.8, 4) is 11.5 Å². The van der Waals surface area contributed by atoms with Crippen molar-refractivity contribution in [3.05, 3.63) is 29.3 Å². The average molecular weight is 359 g/mol. The third-order valence-corrected chi connectivity index (χ3v) is 5.73. The Morgan fingerprint density at radius 2 is 1.84 bits per heavy atom. The summed E-state index contributed by atoms with van der Waals surface area (Å²) in [4.78, 5) is 12.6. The molecule has 2 unspecified atom stereocenters. The van der Waals surface area contributed by atoms with E-state index in [9.17, 15) is 4.79 Å². The highest BCUT2D eigenvalue weighted by Gasteiger charge is 2.34. The number of fused-ring (bicyclic) bond motifs is 1. The minimum absolute atomic E-state index is 0.256. The molecule has 25 heavy (non-hydrogen) atoms. The van der Waals surface area contributed by atoms with Crippen molar-refractivity contribution in [1.82, 2.24) is 10.2 Å². The molecule has 4 rings (SSSR count). The molecule has 1 amide bonds. The topological polar surface area (TPSA) is 73.3 Å². The molecule has 1 aliphatic carbocycles. The Balaban J connectivity index is 1.43. The van der Waals surface area contributed by atoms with Gasteiger partial charge in [-0.3, -0.25) is 10.1 Å². The summed E-state index contributed by atoms with van der Waals surface area (Å²) in [7, 11) is 0. The van der Waals surface area contributed by atoms with E-state index in [2.05, 4.69) is 15.5 Å². The van der Waals surface area contributed by atoms with Crippen LogP contribution in [0.25, 0.3) is 0 Å². The van der Waals surface area contributed by atoms with Crippen LogP contribution in [-0.2, 0) is 4.79 Å². The maximum Gasteiger partial charge on any atom is 0.271 e. The summed E-state index contributed by atoms with van der Waals surface area (Å²) in [5, 5.41) is 12.8. The second-order valence-corrected chi connectivity index (χ2v) is 7.59. The van der Waals surface area contributed by atoms with Crippen molar-refractivity contribution < 1.29 is 14.3 Å². The molecule has 1 saturated carbocycles. The summed E-state index contributed by atoms with van der Waals surface area (Å²) in [5.74, 6) is 1.47. The number of anilines is 1. The molecule has 1 aliphatic heterocycles. The monoisotopic (exact) mass is 359 g/mol. The van der Waals surface area contributed by atoms with E-state index in [0.29, 0.717) is 22.5 Å². The van der Waals surface area contributed by atoms with Crippen molar-refractivity contribution in [3.63, 3.8) is 0 Å². The number of carbonyl (C=O) groups excluding carboxylic acids is 1. The molecule has 2 heterocycles. The van der Waals surface area contributed by atoms with Crippen molar-refractivity contribution >= 4 is 22.4 Å². The molecule has 1 N–H and O–H groups in total. The first-order chi connectivity index (χ1) is 12.2. The molecule has 132 valence electrons. The molecule has 1 aromatic heterocycles. The van der Waals surface area contributed by atoms with Gasteiger partial charge in [0.05, 0.1) is 0 Å². The van der Waals surface area contributed by atoms with E-state index in [1.54, 1.807) is 6.07 Å². The number of aromatic nitrogens is 2. The summed E-state index contributed by atoms with van der Waals surface area (Å²) in [6.07, 6.45) is 5.03. The summed E-state index contributed by atoms with van der Waals surface area (Å²) in [6, 6.07) is 7.37. The quantitative estimate of drug-likeness (QED) is 0.903. The Morgan fingerprint density at radius 1 is 1.12 bits per heavy atom. The van der Waals surface area contributed by atoms with Gasteiger partial charge in [0, 0.05) is 5.92 Å². The fourth-order valence-electron chi connectivity index (χ4n) is 3.38. The number of hydrogen-bond acceptors (Lipinski definition) is 6. The summed E-state index contributed by atoms with van der Waals surface area (Å²) in [5.41, 5.74) is 0. The molecule has 6 nitrogen and oxygen atoms in total. The first-order valence-electron chi connectivity index (χ1n) is 8.77. The SMILES string of the molecule is CC1Oc2ccccc2OC1C(=O)Nc1nnc(C2CCCCC2)s1. The molecule has 0 radical (unpaired) electrons. The highest BCUT2D eigenvalue weighted by atomic mass is 32.1. The van der Waals surface area contributed by atoms with Crippen LogP contribution in [0.4, 0.5) is 5.13 Å². The van der Waals surface area contributed by atoms with Crippen LogP contribution in [0.3, 0.4) is 0 Å². The van der Waals surface area contributed by atoms with E-state index >= 15 is 0 Å². The third-order valence-electron chi connectivity index (χ3n) is 4.73. The number of ether oxygens (including phenoxy) is 2. The van der Waals surface area contributed by atoms with Gasteiger partial charge >= 0.3 is 0 Å². The Kier molecular flexibility index (Phi) is 4.57. The molecule has 0 bridgehead atoms. The van der Waals surface area contributed by atoms with E-state index in [4.69, 9.17) is 9.47 Å². The molecule has 7 heteroatoms. The number of benzene rings is 1. The van der Waals surface area contributed by atoms with Gasteiger partial charge in [0.1, 0.15) is 11.1 Å². The van der Waals surface area contributed by atoms with Gasteiger partial charge in [-0.1, -0.05) is 42.7 Å². The summed E-state index contributed by atoms with van der Waals surface area (Å²) >= 11 is 1.47. The maximum absolute atomic E-state index is 12.6. The molecular formula is C18H21N3O3S. The fraction of sp³-hybridized carbons (Fsp3) is 0.500. The van der Waals surface area contributed by atoms with Crippen molar-refractivity contribution in [2.45, 2.75) is 57.2 Å². The van der Waals surface area contributed by atoms with Crippen LogP contribution in [0.15, 0.2) is 24.3 Å². The van der Waals surface area contributed by atoms with E-state index in [-0.39, 0.29) is 12.0 Å². The van der Waals surface area contributed by atoms with Crippen molar-refractivity contribution in [2.24, 2.45) is 0 Å². The smallest absolute Gasteiger partial charge is 0.271 e. The van der Waals surface area contributed by atoms with Gasteiger partial charge in [0.2, 0.25) is 11.2 Å². The summed E-state index contributed by atoms with van der Waals surface area (Å²) < 4.78 is 11.6. The van der Waals surface area contributed by atoms with Crippen molar-refractivity contribution in [2.75, 3.05) is 5.32 Å². The number of para-hydroxylation sites is 2. The van der Waals surface area contributed by atoms with Gasteiger partial charge in [0.25, 0.3) is 5.91 Å². The Bertz CT molecular complexity index is 758. The van der Waals surface area contributed by atoms with Gasteiger partial charge < -0.3 is 9.47 Å². The summed E-state index contributed by atoms with van der Waals surface area (Å²) in [6.45, 7) is 1.83. The molecule has 2 atom stereocenters. The van der Waals surface area contributed by atoms with Crippen LogP contribution in [-0.4, -0.2) is 28.3 Å². The van der Waals surface area contributed by atoms with E-state index < -0.39 is 6.10 Å². The van der Waals surface area contributed by atoms with E-state index in [1.165, 1.54) is 30.6 Å². The lowest BCUT2D eigenvalue weighted by atomic mass is 9.90. The first kappa shape index (κ1) is 16.3. The van der Waals surface area contributed by atoms with Gasteiger partial charge in [-0.05, 0) is 31.9 Å². The standard InChI is InChI=1S/C18H21N3O3S/c1-11-15(24-14-10-6-5-9-13(14)23-11)16(22)19-18-21-20-17(25-18)12-7-3-2-4-8-12/h5-6,9-12,15H,2-4,7-8H2,1H3,(H,19,21,22). The molecule has 0 spiro atoms. The van der Waals surface area contributed by atoms with Crippen LogP contribution < -0.4 is 14.8 Å². The van der Waals surface area contributed by atoms with Crippen molar-refractivity contribution in [1.29, 1.82) is 0 Å². The second-order valence-electron chi connectivity index (χ2n) is 6.58. The minimum Gasteiger partial charge on any atom is -0.482 e. The fourth-order valence-corrected chi connectivity index (χ4v) is 4.30. The molecule has 0 saturated heterocycles. The molecule has 1 fully saturated rings. The number of nitrogens with zero attached hydrogens (tertiary/aromatic N) is 2. The number of hydrogen-bond donors (Lipinski definition) is 1. The lowest BCUT2D eigenvalue weighted by Crippen LogP contribution is -2.46. The van der Waals surface area contributed by atoms with Crippen LogP contribution >= 0.6 is 11.3 Å². The normalized spacial score (nSPS) is 23.2. The number of nitrogens with one attached hydrogen (secondary N) is 1. The van der Waals surface area contributed by atoms with Gasteiger partial charge in [-0.2, -0.15) is 0 Å². The first-order valence-corrected chi connectivity index (χ1v) is 9.59. The van der Waals surface area contributed by atoms with Gasteiger partial charge in [0.15, 0.2) is 11.5 Å². The second kappa shape index (κ2) is 7.00. The Hall–Kier alpha value is -2.15. The van der Waals surface area contributed by atoms with Crippen LogP contribution in [0.2, 0.25) is 0 Å². The number of carbonyl (C=O) groups is 1. The predicted octanol–water partition coefficient (Wildman–Crippen LogP) is 3.75. The van der Waals surface area contributed by atoms with Crippen LogP contribution in [0.1, 0.15) is 50.0 Å². The largest absolute Gasteiger partial charge is 0.482 e. The molecule has 2 aliphatic rings. The Labute approximate surface area is 150 Å². The molecular weight excluding hydrogens is 338 g/mol. The average Bonchev–Trinajstić information content (AvgIpc) is 3.10. The predicted molar refractivity (Wildman–Crippen MR) is 95.3 cm³/mol.